The van der Waals surface area contributed by atoms with Gasteiger partial charge in [0.1, 0.15) is 10.3 Å². The number of benzene rings is 1. The van der Waals surface area contributed by atoms with Crippen LogP contribution in [-0.2, 0) is 24.8 Å². The summed E-state index contributed by atoms with van der Waals surface area (Å²) in [5, 5.41) is 1.70. The fraction of sp³-hybridized carbons (Fsp3) is 0.450. The highest BCUT2D eigenvalue weighted by molar-refractivity contribution is 7.91. The van der Waals surface area contributed by atoms with Crippen LogP contribution in [0.5, 0.6) is 0 Å². The molecule has 3 heterocycles. The number of carbonyl (C=O) groups excluding carboxylic acids is 1. The second-order valence-electron chi connectivity index (χ2n) is 7.75. The molecule has 1 unspecified atom stereocenters. The van der Waals surface area contributed by atoms with Crippen LogP contribution in [0.3, 0.4) is 0 Å². The summed E-state index contributed by atoms with van der Waals surface area (Å²) in [5.74, 6) is -0.245. The van der Waals surface area contributed by atoms with E-state index < -0.39 is 26.1 Å². The number of rotatable bonds is 5. The van der Waals surface area contributed by atoms with E-state index in [1.165, 1.54) is 8.61 Å². The summed E-state index contributed by atoms with van der Waals surface area (Å²) in [5.41, 5.74) is 0.980. The Morgan fingerprint density at radius 3 is 2.23 bits per heavy atom. The Bertz CT molecular complexity index is 1140. The van der Waals surface area contributed by atoms with Crippen LogP contribution in [0, 0.1) is 6.92 Å². The summed E-state index contributed by atoms with van der Waals surface area (Å²) in [4.78, 5) is 15.0. The standard InChI is InChI=1S/C20H25N3O5S3/c1-16-6-8-17(9-7-16)30(25,26)22-13-11-21(12-14-22)20(24)18-4-2-10-23(18)31(27,28)19-5-3-15-29-19/h3,5-9,15,18H,2,4,10-14H2,1H3. The third-order valence-corrected chi connectivity index (χ3v) is 10.9. The van der Waals surface area contributed by atoms with Gasteiger partial charge in [-0.2, -0.15) is 8.61 Å². The minimum atomic E-state index is -3.70. The maximum Gasteiger partial charge on any atom is 0.253 e. The van der Waals surface area contributed by atoms with Gasteiger partial charge >= 0.3 is 0 Å². The molecule has 1 atom stereocenters. The Morgan fingerprint density at radius 1 is 0.935 bits per heavy atom. The van der Waals surface area contributed by atoms with Crippen molar-refractivity contribution >= 4 is 37.3 Å². The van der Waals surface area contributed by atoms with Gasteiger partial charge in [-0.15, -0.1) is 11.3 Å². The van der Waals surface area contributed by atoms with E-state index in [1.807, 2.05) is 6.92 Å². The molecule has 168 valence electrons. The highest BCUT2D eigenvalue weighted by atomic mass is 32.2. The number of piperazine rings is 1. The molecule has 0 N–H and O–H groups in total. The summed E-state index contributed by atoms with van der Waals surface area (Å²) in [6, 6.07) is 9.20. The van der Waals surface area contributed by atoms with Crippen molar-refractivity contribution in [2.45, 2.75) is 34.9 Å². The summed E-state index contributed by atoms with van der Waals surface area (Å²) in [6.45, 7) is 3.07. The lowest BCUT2D eigenvalue weighted by molar-refractivity contribution is -0.135. The molecule has 2 fully saturated rings. The van der Waals surface area contributed by atoms with Crippen molar-refractivity contribution in [1.29, 1.82) is 0 Å². The number of sulfonamides is 2. The van der Waals surface area contributed by atoms with Crippen LogP contribution in [0.15, 0.2) is 50.9 Å². The SMILES string of the molecule is Cc1ccc(S(=O)(=O)N2CCN(C(=O)C3CCCN3S(=O)(=O)c3cccs3)CC2)cc1. The first kappa shape index (κ1) is 22.4. The summed E-state index contributed by atoms with van der Waals surface area (Å²) in [6.07, 6.45) is 1.11. The predicted molar refractivity (Wildman–Crippen MR) is 118 cm³/mol. The third-order valence-electron chi connectivity index (χ3n) is 5.76. The molecule has 4 rings (SSSR count). The molecule has 0 saturated carbocycles. The van der Waals surface area contributed by atoms with Crippen molar-refractivity contribution in [3.8, 4) is 0 Å². The number of aryl methyl sites for hydroxylation is 1. The number of carbonyl (C=O) groups is 1. The first-order valence-corrected chi connectivity index (χ1v) is 13.9. The summed E-state index contributed by atoms with van der Waals surface area (Å²) < 4.78 is 54.6. The van der Waals surface area contributed by atoms with E-state index in [9.17, 15) is 21.6 Å². The number of hydrogen-bond donors (Lipinski definition) is 0. The van der Waals surface area contributed by atoms with Crippen LogP contribution in [0.2, 0.25) is 0 Å². The zero-order valence-corrected chi connectivity index (χ0v) is 19.6. The van der Waals surface area contributed by atoms with Gasteiger partial charge in [-0.1, -0.05) is 23.8 Å². The van der Waals surface area contributed by atoms with Crippen molar-refractivity contribution in [2.75, 3.05) is 32.7 Å². The second kappa shape index (κ2) is 8.62. The minimum absolute atomic E-state index is 0.187. The van der Waals surface area contributed by atoms with Crippen LogP contribution >= 0.6 is 11.3 Å². The molecule has 2 saturated heterocycles. The van der Waals surface area contributed by atoms with Crippen LogP contribution in [0.25, 0.3) is 0 Å². The monoisotopic (exact) mass is 483 g/mol. The number of amides is 1. The molecule has 0 radical (unpaired) electrons. The molecule has 11 heteroatoms. The molecular formula is C20H25N3O5S3. The van der Waals surface area contributed by atoms with E-state index in [4.69, 9.17) is 0 Å². The molecule has 0 bridgehead atoms. The van der Waals surface area contributed by atoms with Gasteiger partial charge in [0, 0.05) is 32.7 Å². The smallest absolute Gasteiger partial charge is 0.253 e. The summed E-state index contributed by atoms with van der Waals surface area (Å²) >= 11 is 1.14. The van der Waals surface area contributed by atoms with Crippen LogP contribution in [0.1, 0.15) is 18.4 Å². The molecule has 2 aromatic rings. The van der Waals surface area contributed by atoms with Crippen LogP contribution in [0.4, 0.5) is 0 Å². The Kier molecular flexibility index (Phi) is 6.23. The first-order chi connectivity index (χ1) is 14.7. The van der Waals surface area contributed by atoms with E-state index in [0.29, 0.717) is 19.4 Å². The molecule has 0 aliphatic carbocycles. The predicted octanol–water partition coefficient (Wildman–Crippen LogP) is 1.74. The van der Waals surface area contributed by atoms with Gasteiger partial charge in [0.15, 0.2) is 0 Å². The van der Waals surface area contributed by atoms with Gasteiger partial charge in [0.25, 0.3) is 10.0 Å². The molecule has 1 aromatic carbocycles. The van der Waals surface area contributed by atoms with E-state index in [0.717, 1.165) is 16.9 Å². The van der Waals surface area contributed by atoms with Gasteiger partial charge < -0.3 is 4.90 Å². The number of nitrogens with zero attached hydrogens (tertiary/aromatic N) is 3. The van der Waals surface area contributed by atoms with E-state index in [2.05, 4.69) is 0 Å². The van der Waals surface area contributed by atoms with Crippen LogP contribution < -0.4 is 0 Å². The Hall–Kier alpha value is -1.79. The first-order valence-electron chi connectivity index (χ1n) is 10.1. The quantitative estimate of drug-likeness (QED) is 0.646. The zero-order chi connectivity index (χ0) is 22.2. The third kappa shape index (κ3) is 4.29. The molecule has 1 aromatic heterocycles. The van der Waals surface area contributed by atoms with Crippen molar-refractivity contribution in [2.24, 2.45) is 0 Å². The molecule has 2 aliphatic rings. The van der Waals surface area contributed by atoms with Gasteiger partial charge in [0.2, 0.25) is 15.9 Å². The van der Waals surface area contributed by atoms with Crippen molar-refractivity contribution < 1.29 is 21.6 Å². The Morgan fingerprint density at radius 2 is 1.61 bits per heavy atom. The Balaban J connectivity index is 1.44. The fourth-order valence-electron chi connectivity index (χ4n) is 4.02. The fourth-order valence-corrected chi connectivity index (χ4v) is 8.21. The molecule has 31 heavy (non-hydrogen) atoms. The van der Waals surface area contributed by atoms with Gasteiger partial charge in [0.05, 0.1) is 4.90 Å². The Labute approximate surface area is 187 Å². The number of thiophene rings is 1. The normalized spacial score (nSPS) is 21.5. The second-order valence-corrected chi connectivity index (χ2v) is 12.8. The van der Waals surface area contributed by atoms with Gasteiger partial charge in [-0.25, -0.2) is 16.8 Å². The lowest BCUT2D eigenvalue weighted by Gasteiger charge is -2.36. The molecule has 2 aliphatic heterocycles. The lowest BCUT2D eigenvalue weighted by Crippen LogP contribution is -2.55. The van der Waals surface area contributed by atoms with E-state index in [1.54, 1.807) is 46.7 Å². The molecule has 8 nitrogen and oxygen atoms in total. The van der Waals surface area contributed by atoms with Gasteiger partial charge in [-0.3, -0.25) is 4.79 Å². The molecule has 0 spiro atoms. The summed E-state index contributed by atoms with van der Waals surface area (Å²) in [7, 11) is -7.32. The van der Waals surface area contributed by atoms with E-state index in [-0.39, 0.29) is 41.2 Å². The van der Waals surface area contributed by atoms with E-state index >= 15 is 0 Å². The minimum Gasteiger partial charge on any atom is -0.339 e. The molecular weight excluding hydrogens is 458 g/mol. The molecule has 1 amide bonds. The van der Waals surface area contributed by atoms with Crippen molar-refractivity contribution in [3.63, 3.8) is 0 Å². The van der Waals surface area contributed by atoms with Crippen molar-refractivity contribution in [1.82, 2.24) is 13.5 Å². The highest BCUT2D eigenvalue weighted by Crippen LogP contribution is 2.30. The van der Waals surface area contributed by atoms with Gasteiger partial charge in [-0.05, 0) is 43.3 Å². The average molecular weight is 484 g/mol. The largest absolute Gasteiger partial charge is 0.339 e. The number of hydrogen-bond acceptors (Lipinski definition) is 6. The average Bonchev–Trinajstić information content (AvgIpc) is 3.46. The lowest BCUT2D eigenvalue weighted by atomic mass is 10.2. The topological polar surface area (TPSA) is 95.1 Å². The zero-order valence-electron chi connectivity index (χ0n) is 17.2. The maximum atomic E-state index is 13.1. The maximum absolute atomic E-state index is 13.1. The van der Waals surface area contributed by atoms with Crippen molar-refractivity contribution in [3.05, 3.63) is 47.3 Å². The van der Waals surface area contributed by atoms with Crippen LogP contribution in [-0.4, -0.2) is 75.0 Å². The highest BCUT2D eigenvalue weighted by Gasteiger charge is 2.42.